The summed E-state index contributed by atoms with van der Waals surface area (Å²) in [5.41, 5.74) is -0.531. The number of carboxylic acid groups (broad SMARTS) is 1. The zero-order valence-electron chi connectivity index (χ0n) is 11.4. The Balaban J connectivity index is 2.67. The van der Waals surface area contributed by atoms with Gasteiger partial charge in [0, 0.05) is 13.6 Å². The number of benzene rings is 1. The molecule has 21 heavy (non-hydrogen) atoms. The number of nitrogens with zero attached hydrogens (tertiary/aromatic N) is 1. The molecule has 0 aliphatic rings. The van der Waals surface area contributed by atoms with Crippen LogP contribution in [0, 0.1) is 0 Å². The Labute approximate surface area is 119 Å². The summed E-state index contributed by atoms with van der Waals surface area (Å²) in [6.45, 7) is 1.20. The lowest BCUT2D eigenvalue weighted by Gasteiger charge is -2.22. The van der Waals surface area contributed by atoms with Crippen LogP contribution < -0.4 is 5.32 Å². The molecule has 0 radical (unpaired) electrons. The summed E-state index contributed by atoms with van der Waals surface area (Å²) in [5, 5.41) is 11.1. The SMILES string of the molecule is CC(C(=O)O)N(C)C(=O)NCc1cccc(C(F)(F)F)c1. The minimum atomic E-state index is -4.45. The lowest BCUT2D eigenvalue weighted by Crippen LogP contribution is -2.45. The van der Waals surface area contributed by atoms with E-state index < -0.39 is 29.8 Å². The van der Waals surface area contributed by atoms with Gasteiger partial charge in [-0.15, -0.1) is 0 Å². The highest BCUT2D eigenvalue weighted by Gasteiger charge is 2.30. The van der Waals surface area contributed by atoms with Crippen molar-refractivity contribution >= 4 is 12.0 Å². The van der Waals surface area contributed by atoms with Crippen molar-refractivity contribution in [3.63, 3.8) is 0 Å². The van der Waals surface area contributed by atoms with Crippen molar-refractivity contribution in [1.82, 2.24) is 10.2 Å². The minimum Gasteiger partial charge on any atom is -0.480 e. The van der Waals surface area contributed by atoms with E-state index in [9.17, 15) is 22.8 Å². The average molecular weight is 304 g/mol. The third kappa shape index (κ3) is 4.66. The van der Waals surface area contributed by atoms with Crippen LogP contribution >= 0.6 is 0 Å². The molecule has 0 aliphatic carbocycles. The number of nitrogens with one attached hydrogen (secondary N) is 1. The molecule has 5 nitrogen and oxygen atoms in total. The highest BCUT2D eigenvalue weighted by molar-refractivity contribution is 5.82. The first kappa shape index (κ1) is 16.8. The first-order chi connectivity index (χ1) is 9.62. The second kappa shape index (κ2) is 6.47. The number of hydrogen-bond acceptors (Lipinski definition) is 2. The van der Waals surface area contributed by atoms with E-state index in [-0.39, 0.29) is 12.1 Å². The number of hydrogen-bond donors (Lipinski definition) is 2. The standard InChI is InChI=1S/C13H15F3N2O3/c1-8(11(19)20)18(2)12(21)17-7-9-4-3-5-10(6-9)13(14,15)16/h3-6,8H,7H2,1-2H3,(H,17,21)(H,19,20). The van der Waals surface area contributed by atoms with E-state index in [1.807, 2.05) is 0 Å². The predicted octanol–water partition coefficient (Wildman–Crippen LogP) is 2.32. The van der Waals surface area contributed by atoms with E-state index in [1.54, 1.807) is 0 Å². The molecule has 1 aromatic rings. The monoisotopic (exact) mass is 304 g/mol. The van der Waals surface area contributed by atoms with Crippen LogP contribution in [-0.4, -0.2) is 35.1 Å². The third-order valence-corrected chi connectivity index (χ3v) is 2.96. The third-order valence-electron chi connectivity index (χ3n) is 2.96. The van der Waals surface area contributed by atoms with Crippen LogP contribution in [0.4, 0.5) is 18.0 Å². The molecule has 2 N–H and O–H groups in total. The van der Waals surface area contributed by atoms with Crippen molar-refractivity contribution in [1.29, 1.82) is 0 Å². The number of carbonyl (C=O) groups is 2. The van der Waals surface area contributed by atoms with Gasteiger partial charge in [-0.3, -0.25) is 0 Å². The fourth-order valence-electron chi connectivity index (χ4n) is 1.50. The summed E-state index contributed by atoms with van der Waals surface area (Å²) in [7, 11) is 1.29. The summed E-state index contributed by atoms with van der Waals surface area (Å²) in [6.07, 6.45) is -4.45. The van der Waals surface area contributed by atoms with Crippen molar-refractivity contribution in [2.75, 3.05) is 7.05 Å². The van der Waals surface area contributed by atoms with Crippen LogP contribution in [0.25, 0.3) is 0 Å². The van der Waals surface area contributed by atoms with Crippen molar-refractivity contribution in [3.05, 3.63) is 35.4 Å². The number of carbonyl (C=O) groups excluding carboxylic acids is 1. The maximum Gasteiger partial charge on any atom is 0.416 e. The van der Waals surface area contributed by atoms with Gasteiger partial charge in [-0.25, -0.2) is 9.59 Å². The van der Waals surface area contributed by atoms with Gasteiger partial charge in [0.05, 0.1) is 5.56 Å². The number of urea groups is 1. The number of likely N-dealkylation sites (N-methyl/N-ethyl adjacent to an activating group) is 1. The molecule has 1 unspecified atom stereocenters. The lowest BCUT2D eigenvalue weighted by atomic mass is 10.1. The molecule has 1 aromatic carbocycles. The fraction of sp³-hybridized carbons (Fsp3) is 0.385. The van der Waals surface area contributed by atoms with E-state index in [0.29, 0.717) is 0 Å². The molecular formula is C13H15F3N2O3. The molecule has 0 saturated heterocycles. The van der Waals surface area contributed by atoms with Gasteiger partial charge in [0.15, 0.2) is 0 Å². The first-order valence-corrected chi connectivity index (χ1v) is 6.02. The number of amides is 2. The number of carboxylic acids is 1. The van der Waals surface area contributed by atoms with Gasteiger partial charge in [-0.1, -0.05) is 12.1 Å². The highest BCUT2D eigenvalue weighted by Crippen LogP contribution is 2.29. The molecule has 2 amide bonds. The maximum absolute atomic E-state index is 12.5. The summed E-state index contributed by atoms with van der Waals surface area (Å²) in [5.74, 6) is -1.17. The van der Waals surface area contributed by atoms with Crippen LogP contribution in [0.15, 0.2) is 24.3 Å². The molecule has 0 heterocycles. The Morgan fingerprint density at radius 1 is 1.38 bits per heavy atom. The van der Waals surface area contributed by atoms with E-state index >= 15 is 0 Å². The van der Waals surface area contributed by atoms with Crippen molar-refractivity contribution in [2.45, 2.75) is 25.7 Å². The summed E-state index contributed by atoms with van der Waals surface area (Å²) >= 11 is 0. The van der Waals surface area contributed by atoms with Gasteiger partial charge < -0.3 is 15.3 Å². The molecule has 0 aromatic heterocycles. The Morgan fingerprint density at radius 2 is 2.00 bits per heavy atom. The molecule has 0 saturated carbocycles. The summed E-state index contributed by atoms with van der Waals surface area (Å²) in [4.78, 5) is 23.4. The molecule has 0 fully saturated rings. The summed E-state index contributed by atoms with van der Waals surface area (Å²) < 4.78 is 37.6. The van der Waals surface area contributed by atoms with Gasteiger partial charge in [0.1, 0.15) is 6.04 Å². The minimum absolute atomic E-state index is 0.126. The molecule has 116 valence electrons. The number of halogens is 3. The van der Waals surface area contributed by atoms with E-state index in [4.69, 9.17) is 5.11 Å². The van der Waals surface area contributed by atoms with E-state index in [2.05, 4.69) is 5.32 Å². The molecule has 1 rings (SSSR count). The van der Waals surface area contributed by atoms with Crippen molar-refractivity contribution in [2.24, 2.45) is 0 Å². The fourth-order valence-corrected chi connectivity index (χ4v) is 1.50. The lowest BCUT2D eigenvalue weighted by molar-refractivity contribution is -0.141. The molecule has 0 spiro atoms. The van der Waals surface area contributed by atoms with Crippen LogP contribution in [-0.2, 0) is 17.5 Å². The van der Waals surface area contributed by atoms with Gasteiger partial charge in [-0.2, -0.15) is 13.2 Å². The first-order valence-electron chi connectivity index (χ1n) is 6.02. The zero-order valence-corrected chi connectivity index (χ0v) is 11.4. The number of rotatable bonds is 4. The second-order valence-corrected chi connectivity index (χ2v) is 4.48. The smallest absolute Gasteiger partial charge is 0.416 e. The van der Waals surface area contributed by atoms with Gasteiger partial charge in [-0.05, 0) is 24.6 Å². The largest absolute Gasteiger partial charge is 0.480 e. The van der Waals surface area contributed by atoms with Gasteiger partial charge in [0.25, 0.3) is 0 Å². The van der Waals surface area contributed by atoms with Crippen LogP contribution in [0.5, 0.6) is 0 Å². The Morgan fingerprint density at radius 3 is 2.52 bits per heavy atom. The molecule has 0 bridgehead atoms. The van der Waals surface area contributed by atoms with Crippen LogP contribution in [0.2, 0.25) is 0 Å². The number of aliphatic carboxylic acids is 1. The topological polar surface area (TPSA) is 69.6 Å². The summed E-state index contributed by atoms with van der Waals surface area (Å²) in [6, 6.07) is 2.84. The average Bonchev–Trinajstić information content (AvgIpc) is 2.42. The Bertz CT molecular complexity index is 532. The molecule has 8 heteroatoms. The Hall–Kier alpha value is -2.25. The molecule has 1 atom stereocenters. The van der Waals surface area contributed by atoms with Crippen LogP contribution in [0.1, 0.15) is 18.1 Å². The van der Waals surface area contributed by atoms with Crippen LogP contribution in [0.3, 0.4) is 0 Å². The van der Waals surface area contributed by atoms with Gasteiger partial charge >= 0.3 is 18.2 Å². The Kier molecular flexibility index (Phi) is 5.17. The second-order valence-electron chi connectivity index (χ2n) is 4.48. The molecular weight excluding hydrogens is 289 g/mol. The maximum atomic E-state index is 12.5. The normalized spacial score (nSPS) is 12.6. The van der Waals surface area contributed by atoms with E-state index in [1.165, 1.54) is 26.1 Å². The quantitative estimate of drug-likeness (QED) is 0.897. The van der Waals surface area contributed by atoms with E-state index in [0.717, 1.165) is 17.0 Å². The molecule has 0 aliphatic heterocycles. The van der Waals surface area contributed by atoms with Crippen molar-refractivity contribution < 1.29 is 27.9 Å². The van der Waals surface area contributed by atoms with Gasteiger partial charge in [0.2, 0.25) is 0 Å². The number of alkyl halides is 3. The highest BCUT2D eigenvalue weighted by atomic mass is 19.4. The predicted molar refractivity (Wildman–Crippen MR) is 68.5 cm³/mol. The zero-order chi connectivity index (χ0) is 16.2. The van der Waals surface area contributed by atoms with Crippen molar-refractivity contribution in [3.8, 4) is 0 Å².